The molecule has 1 aromatic rings. The second-order valence-corrected chi connectivity index (χ2v) is 5.27. The normalized spacial score (nSPS) is 17.9. The van der Waals surface area contributed by atoms with Gasteiger partial charge >= 0.3 is 6.03 Å². The topological polar surface area (TPSA) is 50.4 Å². The van der Waals surface area contributed by atoms with Gasteiger partial charge in [0.1, 0.15) is 0 Å². The van der Waals surface area contributed by atoms with Crippen molar-refractivity contribution in [2.75, 3.05) is 18.5 Å². The van der Waals surface area contributed by atoms with Crippen molar-refractivity contribution in [3.8, 4) is 0 Å². The number of urea groups is 1. The molecule has 0 spiro atoms. The van der Waals surface area contributed by atoms with Crippen LogP contribution in [0.3, 0.4) is 0 Å². The Morgan fingerprint density at radius 1 is 1.35 bits per heavy atom. The van der Waals surface area contributed by atoms with Crippen LogP contribution in [0, 0.1) is 0 Å². The van der Waals surface area contributed by atoms with Gasteiger partial charge in [-0.15, -0.1) is 0 Å². The maximum atomic E-state index is 11.7. The van der Waals surface area contributed by atoms with E-state index in [1.807, 2.05) is 12.1 Å². The molecule has 1 heterocycles. The highest BCUT2D eigenvalue weighted by atomic mass is 16.5. The Balaban J connectivity index is 1.72. The summed E-state index contributed by atoms with van der Waals surface area (Å²) >= 11 is 0. The number of carbonyl (C=O) groups excluding carboxylic acids is 1. The van der Waals surface area contributed by atoms with Crippen molar-refractivity contribution in [3.05, 3.63) is 29.8 Å². The third kappa shape index (κ3) is 4.85. The number of nitrogens with one attached hydrogen (secondary N) is 2. The van der Waals surface area contributed by atoms with Gasteiger partial charge in [0.05, 0.1) is 6.10 Å². The lowest BCUT2D eigenvalue weighted by Gasteiger charge is -2.12. The molecule has 1 fully saturated rings. The minimum absolute atomic E-state index is 0.165. The molecule has 1 aliphatic heterocycles. The highest BCUT2D eigenvalue weighted by Crippen LogP contribution is 2.12. The van der Waals surface area contributed by atoms with Gasteiger partial charge in [0.15, 0.2) is 0 Å². The van der Waals surface area contributed by atoms with Crippen LogP contribution in [0.5, 0.6) is 0 Å². The van der Waals surface area contributed by atoms with Crippen molar-refractivity contribution in [2.45, 2.75) is 45.1 Å². The van der Waals surface area contributed by atoms with Crippen LogP contribution in [-0.2, 0) is 11.2 Å². The summed E-state index contributed by atoms with van der Waals surface area (Å²) in [7, 11) is 0. The zero-order valence-electron chi connectivity index (χ0n) is 12.2. The van der Waals surface area contributed by atoms with Gasteiger partial charge in [0.2, 0.25) is 0 Å². The maximum absolute atomic E-state index is 11.7. The lowest BCUT2D eigenvalue weighted by atomic mass is 10.1. The van der Waals surface area contributed by atoms with E-state index in [0.717, 1.165) is 31.6 Å². The van der Waals surface area contributed by atoms with Crippen molar-refractivity contribution >= 4 is 11.7 Å². The zero-order valence-corrected chi connectivity index (χ0v) is 12.2. The summed E-state index contributed by atoms with van der Waals surface area (Å²) in [6.07, 6.45) is 5.80. The number of amides is 2. The van der Waals surface area contributed by atoms with Gasteiger partial charge in [0, 0.05) is 18.8 Å². The third-order valence-electron chi connectivity index (χ3n) is 3.55. The highest BCUT2D eigenvalue weighted by Gasteiger charge is 2.15. The van der Waals surface area contributed by atoms with Gasteiger partial charge in [-0.25, -0.2) is 4.79 Å². The van der Waals surface area contributed by atoms with Crippen LogP contribution >= 0.6 is 0 Å². The predicted molar refractivity (Wildman–Crippen MR) is 81.0 cm³/mol. The smallest absolute Gasteiger partial charge is 0.319 e. The highest BCUT2D eigenvalue weighted by molar-refractivity contribution is 5.89. The van der Waals surface area contributed by atoms with E-state index in [1.165, 1.54) is 18.4 Å². The minimum Gasteiger partial charge on any atom is -0.376 e. The van der Waals surface area contributed by atoms with Crippen LogP contribution < -0.4 is 10.6 Å². The fourth-order valence-corrected chi connectivity index (χ4v) is 2.32. The van der Waals surface area contributed by atoms with Crippen LogP contribution in [0.15, 0.2) is 24.3 Å². The number of carbonyl (C=O) groups is 1. The van der Waals surface area contributed by atoms with E-state index in [2.05, 4.69) is 29.7 Å². The lowest BCUT2D eigenvalue weighted by molar-refractivity contribution is 0.112. The molecule has 0 unspecified atom stereocenters. The Hall–Kier alpha value is -1.55. The summed E-state index contributed by atoms with van der Waals surface area (Å²) < 4.78 is 5.46. The molecule has 2 amide bonds. The number of ether oxygens (including phenoxy) is 1. The summed E-state index contributed by atoms with van der Waals surface area (Å²) in [6, 6.07) is 7.89. The Morgan fingerprint density at radius 2 is 2.15 bits per heavy atom. The van der Waals surface area contributed by atoms with Gasteiger partial charge in [-0.3, -0.25) is 0 Å². The first-order valence-electron chi connectivity index (χ1n) is 7.53. The second kappa shape index (κ2) is 7.90. The summed E-state index contributed by atoms with van der Waals surface area (Å²) in [5.41, 5.74) is 2.15. The molecule has 2 N–H and O–H groups in total. The van der Waals surface area contributed by atoms with Crippen molar-refractivity contribution in [2.24, 2.45) is 0 Å². The molecule has 0 aromatic heterocycles. The van der Waals surface area contributed by atoms with Gasteiger partial charge in [-0.05, 0) is 43.4 Å². The van der Waals surface area contributed by atoms with Crippen molar-refractivity contribution < 1.29 is 9.53 Å². The Kier molecular flexibility index (Phi) is 5.87. The number of aryl methyl sites for hydroxylation is 1. The van der Waals surface area contributed by atoms with Gasteiger partial charge in [0.25, 0.3) is 0 Å². The Labute approximate surface area is 120 Å². The molecule has 1 saturated heterocycles. The summed E-state index contributed by atoms with van der Waals surface area (Å²) in [5, 5.41) is 5.69. The lowest BCUT2D eigenvalue weighted by Crippen LogP contribution is -2.35. The molecular weight excluding hydrogens is 252 g/mol. The molecule has 0 bridgehead atoms. The molecule has 20 heavy (non-hydrogen) atoms. The first kappa shape index (κ1) is 14.9. The molecule has 0 aliphatic carbocycles. The van der Waals surface area contributed by atoms with E-state index in [-0.39, 0.29) is 12.1 Å². The molecule has 1 atom stereocenters. The minimum atomic E-state index is -0.165. The fraction of sp³-hybridized carbons (Fsp3) is 0.562. The standard InChI is InChI=1S/C16H24N2O2/c1-2-3-5-13-7-9-14(10-8-13)18-16(19)17-12-15-6-4-11-20-15/h7-10,15H,2-6,11-12H2,1H3,(H2,17,18,19)/t15-/m0/s1. The van der Waals surface area contributed by atoms with Gasteiger partial charge in [-0.1, -0.05) is 25.5 Å². The van der Waals surface area contributed by atoms with Crippen LogP contribution in [0.1, 0.15) is 38.2 Å². The van der Waals surface area contributed by atoms with Crippen molar-refractivity contribution in [1.29, 1.82) is 0 Å². The zero-order chi connectivity index (χ0) is 14.2. The summed E-state index contributed by atoms with van der Waals surface area (Å²) in [5.74, 6) is 0. The number of hydrogen-bond donors (Lipinski definition) is 2. The second-order valence-electron chi connectivity index (χ2n) is 5.27. The Bertz CT molecular complexity index is 411. The van der Waals surface area contributed by atoms with Crippen LogP contribution in [-0.4, -0.2) is 25.3 Å². The number of unbranched alkanes of at least 4 members (excludes halogenated alkanes) is 1. The van der Waals surface area contributed by atoms with Gasteiger partial charge in [-0.2, -0.15) is 0 Å². The molecule has 4 nitrogen and oxygen atoms in total. The molecule has 1 aliphatic rings. The quantitative estimate of drug-likeness (QED) is 0.837. The summed E-state index contributed by atoms with van der Waals surface area (Å²) in [6.45, 7) is 3.59. The van der Waals surface area contributed by atoms with E-state index < -0.39 is 0 Å². The number of rotatable bonds is 6. The van der Waals surface area contributed by atoms with E-state index in [4.69, 9.17) is 4.74 Å². The first-order chi connectivity index (χ1) is 9.78. The molecular formula is C16H24N2O2. The molecule has 0 radical (unpaired) electrons. The average Bonchev–Trinajstić information content (AvgIpc) is 2.98. The molecule has 1 aromatic carbocycles. The Morgan fingerprint density at radius 3 is 2.80 bits per heavy atom. The van der Waals surface area contributed by atoms with Crippen molar-refractivity contribution in [1.82, 2.24) is 5.32 Å². The van der Waals surface area contributed by atoms with E-state index in [9.17, 15) is 4.79 Å². The van der Waals surface area contributed by atoms with Crippen LogP contribution in [0.25, 0.3) is 0 Å². The van der Waals surface area contributed by atoms with Crippen molar-refractivity contribution in [3.63, 3.8) is 0 Å². The summed E-state index contributed by atoms with van der Waals surface area (Å²) in [4.78, 5) is 11.7. The molecule has 2 rings (SSSR count). The third-order valence-corrected chi connectivity index (χ3v) is 3.55. The molecule has 0 saturated carbocycles. The maximum Gasteiger partial charge on any atom is 0.319 e. The van der Waals surface area contributed by atoms with E-state index >= 15 is 0 Å². The number of hydrogen-bond acceptors (Lipinski definition) is 2. The first-order valence-corrected chi connectivity index (χ1v) is 7.53. The van der Waals surface area contributed by atoms with E-state index in [0.29, 0.717) is 6.54 Å². The average molecular weight is 276 g/mol. The van der Waals surface area contributed by atoms with Crippen LogP contribution in [0.2, 0.25) is 0 Å². The SMILES string of the molecule is CCCCc1ccc(NC(=O)NC[C@@H]2CCCO2)cc1. The molecule has 110 valence electrons. The van der Waals surface area contributed by atoms with Gasteiger partial charge < -0.3 is 15.4 Å². The van der Waals surface area contributed by atoms with E-state index in [1.54, 1.807) is 0 Å². The number of anilines is 1. The predicted octanol–water partition coefficient (Wildman–Crippen LogP) is 3.33. The molecule has 4 heteroatoms. The fourth-order valence-electron chi connectivity index (χ4n) is 2.32. The monoisotopic (exact) mass is 276 g/mol. The largest absolute Gasteiger partial charge is 0.376 e. The number of benzene rings is 1. The van der Waals surface area contributed by atoms with Crippen LogP contribution in [0.4, 0.5) is 10.5 Å².